The Morgan fingerprint density at radius 2 is 2.14 bits per heavy atom. The number of rotatable bonds is 5. The van der Waals surface area contributed by atoms with Crippen LogP contribution in [0.5, 0.6) is 0 Å². The van der Waals surface area contributed by atoms with Gasteiger partial charge in [0.05, 0.1) is 0 Å². The predicted octanol–water partition coefficient (Wildman–Crippen LogP) is 2.77. The van der Waals surface area contributed by atoms with E-state index in [0.717, 1.165) is 0 Å². The van der Waals surface area contributed by atoms with Gasteiger partial charge in [0.1, 0.15) is 5.60 Å². The van der Waals surface area contributed by atoms with Crippen molar-refractivity contribution in [1.82, 2.24) is 15.2 Å². The Labute approximate surface area is 135 Å². The maximum atomic E-state index is 11.8. The lowest BCUT2D eigenvalue weighted by Crippen LogP contribution is -2.40. The second-order valence-electron chi connectivity index (χ2n) is 6.14. The van der Waals surface area contributed by atoms with Gasteiger partial charge in [-0.2, -0.15) is 0 Å². The zero-order valence-corrected chi connectivity index (χ0v) is 14.5. The molecule has 22 heavy (non-hydrogen) atoms. The zero-order chi connectivity index (χ0) is 16.8. The molecule has 3 amide bonds. The van der Waals surface area contributed by atoms with Crippen LogP contribution in [-0.4, -0.2) is 47.7 Å². The standard InChI is InChI=1S/C14H24N4O3S/c1-10(9-18(5)13(20)21-14(2,3)4)8-16-11(19)17-12-15-6-7-22-12/h6-7,10H,8-9H2,1-5H3,(H2,15,16,17,19)/t10-/m0/s1. The highest BCUT2D eigenvalue weighted by Crippen LogP contribution is 2.11. The van der Waals surface area contributed by atoms with Gasteiger partial charge >= 0.3 is 12.1 Å². The molecular weight excluding hydrogens is 304 g/mol. The summed E-state index contributed by atoms with van der Waals surface area (Å²) in [5.74, 6) is 0.0968. The van der Waals surface area contributed by atoms with E-state index in [9.17, 15) is 9.59 Å². The first-order chi connectivity index (χ1) is 10.2. The van der Waals surface area contributed by atoms with Crippen LogP contribution in [0.3, 0.4) is 0 Å². The maximum absolute atomic E-state index is 11.8. The number of hydrogen-bond acceptors (Lipinski definition) is 5. The van der Waals surface area contributed by atoms with E-state index in [1.54, 1.807) is 18.6 Å². The van der Waals surface area contributed by atoms with Gasteiger partial charge < -0.3 is 15.0 Å². The summed E-state index contributed by atoms with van der Waals surface area (Å²) in [7, 11) is 1.68. The monoisotopic (exact) mass is 328 g/mol. The quantitative estimate of drug-likeness (QED) is 0.870. The van der Waals surface area contributed by atoms with Crippen LogP contribution in [0.2, 0.25) is 0 Å². The number of urea groups is 1. The van der Waals surface area contributed by atoms with Crippen molar-refractivity contribution < 1.29 is 14.3 Å². The van der Waals surface area contributed by atoms with Crippen LogP contribution in [0.15, 0.2) is 11.6 Å². The van der Waals surface area contributed by atoms with E-state index < -0.39 is 5.60 Å². The van der Waals surface area contributed by atoms with Crippen LogP contribution in [0.4, 0.5) is 14.7 Å². The Balaban J connectivity index is 2.28. The second kappa shape index (κ2) is 7.98. The smallest absolute Gasteiger partial charge is 0.410 e. The number of carbonyl (C=O) groups is 2. The maximum Gasteiger partial charge on any atom is 0.410 e. The van der Waals surface area contributed by atoms with Crippen LogP contribution >= 0.6 is 11.3 Å². The summed E-state index contributed by atoms with van der Waals surface area (Å²) < 4.78 is 5.28. The molecule has 0 spiro atoms. The van der Waals surface area contributed by atoms with Crippen molar-refractivity contribution in [3.8, 4) is 0 Å². The van der Waals surface area contributed by atoms with Gasteiger partial charge in [0, 0.05) is 31.7 Å². The number of carbonyl (C=O) groups excluding carboxylic acids is 2. The normalized spacial score (nSPS) is 12.4. The highest BCUT2D eigenvalue weighted by Gasteiger charge is 2.20. The van der Waals surface area contributed by atoms with Gasteiger partial charge in [-0.15, -0.1) is 11.3 Å². The summed E-state index contributed by atoms with van der Waals surface area (Å²) in [6.07, 6.45) is 1.25. The Bertz CT molecular complexity index is 485. The summed E-state index contributed by atoms with van der Waals surface area (Å²) in [4.78, 5) is 29.0. The lowest BCUT2D eigenvalue weighted by molar-refractivity contribution is 0.0278. The molecule has 1 aromatic heterocycles. The molecule has 1 rings (SSSR count). The van der Waals surface area contributed by atoms with Crippen LogP contribution < -0.4 is 10.6 Å². The van der Waals surface area contributed by atoms with E-state index in [-0.39, 0.29) is 18.0 Å². The van der Waals surface area contributed by atoms with E-state index in [4.69, 9.17) is 4.74 Å². The Morgan fingerprint density at radius 3 is 2.68 bits per heavy atom. The largest absolute Gasteiger partial charge is 0.444 e. The molecule has 0 aliphatic heterocycles. The SMILES string of the molecule is C[C@@H](CNC(=O)Nc1nccs1)CN(C)C(=O)OC(C)(C)C. The zero-order valence-electron chi connectivity index (χ0n) is 13.7. The van der Waals surface area contributed by atoms with Crippen LogP contribution in [0, 0.1) is 5.92 Å². The van der Waals surface area contributed by atoms with Gasteiger partial charge in [-0.05, 0) is 26.7 Å². The molecule has 0 aromatic carbocycles. The van der Waals surface area contributed by atoms with Crippen molar-refractivity contribution in [2.24, 2.45) is 5.92 Å². The molecule has 0 aliphatic carbocycles. The van der Waals surface area contributed by atoms with E-state index in [0.29, 0.717) is 18.2 Å². The minimum absolute atomic E-state index is 0.0968. The molecule has 0 aliphatic rings. The first kappa shape index (κ1) is 18.2. The topological polar surface area (TPSA) is 83.6 Å². The molecule has 0 fully saturated rings. The third kappa shape index (κ3) is 7.26. The average molecular weight is 328 g/mol. The first-order valence-corrected chi connectivity index (χ1v) is 7.94. The fraction of sp³-hybridized carbons (Fsp3) is 0.643. The Kier molecular flexibility index (Phi) is 6.61. The summed E-state index contributed by atoms with van der Waals surface area (Å²) in [5.41, 5.74) is -0.513. The second-order valence-corrected chi connectivity index (χ2v) is 7.03. The molecule has 1 atom stereocenters. The Morgan fingerprint density at radius 1 is 1.45 bits per heavy atom. The number of thiazole rings is 1. The number of hydrogen-bond donors (Lipinski definition) is 2. The highest BCUT2D eigenvalue weighted by atomic mass is 32.1. The van der Waals surface area contributed by atoms with Crippen molar-refractivity contribution in [3.63, 3.8) is 0 Å². The Hall–Kier alpha value is -1.83. The summed E-state index contributed by atoms with van der Waals surface area (Å²) in [6, 6.07) is -0.304. The number of ether oxygens (including phenoxy) is 1. The van der Waals surface area contributed by atoms with Crippen molar-refractivity contribution in [2.45, 2.75) is 33.3 Å². The molecule has 0 unspecified atom stereocenters. The summed E-state index contributed by atoms with van der Waals surface area (Å²) in [6.45, 7) is 8.37. The lowest BCUT2D eigenvalue weighted by atomic mass is 10.1. The molecule has 0 bridgehead atoms. The number of aromatic nitrogens is 1. The van der Waals surface area contributed by atoms with Gasteiger partial charge in [0.2, 0.25) is 0 Å². The molecule has 2 N–H and O–H groups in total. The van der Waals surface area contributed by atoms with Gasteiger partial charge in [-0.1, -0.05) is 6.92 Å². The molecule has 7 nitrogen and oxygen atoms in total. The molecule has 8 heteroatoms. The molecule has 124 valence electrons. The third-order valence-corrected chi connectivity index (χ3v) is 3.24. The summed E-state index contributed by atoms with van der Waals surface area (Å²) in [5, 5.41) is 7.73. The van der Waals surface area contributed by atoms with Crippen molar-refractivity contribution in [1.29, 1.82) is 0 Å². The first-order valence-electron chi connectivity index (χ1n) is 7.06. The van der Waals surface area contributed by atoms with Crippen LogP contribution in [0.25, 0.3) is 0 Å². The third-order valence-electron chi connectivity index (χ3n) is 2.55. The number of nitrogens with zero attached hydrogens (tertiary/aromatic N) is 2. The van der Waals surface area contributed by atoms with Gasteiger partial charge in [-0.25, -0.2) is 14.6 Å². The molecule has 0 radical (unpaired) electrons. The van der Waals surface area contributed by atoms with E-state index in [1.165, 1.54) is 16.2 Å². The van der Waals surface area contributed by atoms with Crippen molar-refractivity contribution >= 4 is 28.6 Å². The minimum Gasteiger partial charge on any atom is -0.444 e. The minimum atomic E-state index is -0.513. The van der Waals surface area contributed by atoms with E-state index >= 15 is 0 Å². The molecule has 0 saturated heterocycles. The summed E-state index contributed by atoms with van der Waals surface area (Å²) >= 11 is 1.35. The van der Waals surface area contributed by atoms with Crippen LogP contribution in [-0.2, 0) is 4.74 Å². The van der Waals surface area contributed by atoms with Crippen molar-refractivity contribution in [2.75, 3.05) is 25.5 Å². The number of amides is 3. The van der Waals surface area contributed by atoms with E-state index in [1.807, 2.05) is 27.7 Å². The molecule has 0 saturated carbocycles. The highest BCUT2D eigenvalue weighted by molar-refractivity contribution is 7.13. The van der Waals surface area contributed by atoms with Gasteiger partial charge in [-0.3, -0.25) is 5.32 Å². The van der Waals surface area contributed by atoms with E-state index in [2.05, 4.69) is 15.6 Å². The number of nitrogens with one attached hydrogen (secondary N) is 2. The fourth-order valence-electron chi connectivity index (χ4n) is 1.64. The molecule has 1 heterocycles. The van der Waals surface area contributed by atoms with Crippen LogP contribution in [0.1, 0.15) is 27.7 Å². The average Bonchev–Trinajstić information content (AvgIpc) is 2.87. The lowest BCUT2D eigenvalue weighted by Gasteiger charge is -2.26. The molecule has 1 aromatic rings. The van der Waals surface area contributed by atoms with Gasteiger partial charge in [0.25, 0.3) is 0 Å². The van der Waals surface area contributed by atoms with Crippen molar-refractivity contribution in [3.05, 3.63) is 11.6 Å². The number of anilines is 1. The fourth-order valence-corrected chi connectivity index (χ4v) is 2.16. The predicted molar refractivity (Wildman–Crippen MR) is 87.2 cm³/mol. The molecular formula is C14H24N4O3S. The van der Waals surface area contributed by atoms with Gasteiger partial charge in [0.15, 0.2) is 5.13 Å².